The van der Waals surface area contributed by atoms with Crippen LogP contribution in [0.1, 0.15) is 61.9 Å². The topological polar surface area (TPSA) is 44.4 Å². The monoisotopic (exact) mass is 373 g/mol. The number of nitrogens with one attached hydrogen (secondary N) is 2. The molecule has 4 nitrogen and oxygen atoms in total. The SMILES string of the molecule is Cc1ccc(C(=O)NC2C[C@@H]3CCC[C@@H](C2)N3C(=S)NCC(C)C)cc1. The molecule has 2 atom stereocenters. The first kappa shape index (κ1) is 19.2. The maximum atomic E-state index is 12.6. The first-order chi connectivity index (χ1) is 12.4. The molecular weight excluding hydrogens is 342 g/mol. The average molecular weight is 374 g/mol. The zero-order valence-corrected chi connectivity index (χ0v) is 16.9. The molecule has 2 N–H and O–H groups in total. The Bertz CT molecular complexity index is 629. The van der Waals surface area contributed by atoms with Gasteiger partial charge in [-0.25, -0.2) is 0 Å². The third-order valence-electron chi connectivity index (χ3n) is 5.52. The van der Waals surface area contributed by atoms with Crippen LogP contribution in [0.4, 0.5) is 0 Å². The smallest absolute Gasteiger partial charge is 0.251 e. The van der Waals surface area contributed by atoms with E-state index in [1.165, 1.54) is 12.0 Å². The average Bonchev–Trinajstić information content (AvgIpc) is 2.59. The van der Waals surface area contributed by atoms with Crippen LogP contribution in [0.2, 0.25) is 0 Å². The third-order valence-corrected chi connectivity index (χ3v) is 5.87. The summed E-state index contributed by atoms with van der Waals surface area (Å²) >= 11 is 5.69. The van der Waals surface area contributed by atoms with Gasteiger partial charge in [0.25, 0.3) is 5.91 Å². The minimum absolute atomic E-state index is 0.0435. The van der Waals surface area contributed by atoms with Crippen molar-refractivity contribution in [3.05, 3.63) is 35.4 Å². The van der Waals surface area contributed by atoms with Gasteiger partial charge in [-0.15, -0.1) is 0 Å². The Morgan fingerprint density at radius 1 is 1.19 bits per heavy atom. The molecular formula is C21H31N3OS. The second-order valence-corrected chi connectivity index (χ2v) is 8.62. The van der Waals surface area contributed by atoms with Gasteiger partial charge in [0.1, 0.15) is 0 Å². The molecule has 1 amide bonds. The molecule has 0 unspecified atom stereocenters. The van der Waals surface area contributed by atoms with Crippen LogP contribution in [0.25, 0.3) is 0 Å². The summed E-state index contributed by atoms with van der Waals surface area (Å²) in [7, 11) is 0. The number of rotatable bonds is 4. The van der Waals surface area contributed by atoms with Crippen LogP contribution < -0.4 is 10.6 Å². The minimum atomic E-state index is 0.0435. The Kier molecular flexibility index (Phi) is 6.17. The summed E-state index contributed by atoms with van der Waals surface area (Å²) < 4.78 is 0. The second-order valence-electron chi connectivity index (χ2n) is 8.23. The summed E-state index contributed by atoms with van der Waals surface area (Å²) in [6, 6.07) is 8.92. The van der Waals surface area contributed by atoms with Crippen molar-refractivity contribution in [3.8, 4) is 0 Å². The van der Waals surface area contributed by atoms with Crippen LogP contribution in [0.15, 0.2) is 24.3 Å². The molecule has 2 bridgehead atoms. The number of nitrogens with zero attached hydrogens (tertiary/aromatic N) is 1. The molecule has 2 fully saturated rings. The molecule has 2 aliphatic heterocycles. The quantitative estimate of drug-likeness (QED) is 0.791. The summed E-state index contributed by atoms with van der Waals surface area (Å²) in [5.74, 6) is 0.626. The number of aryl methyl sites for hydroxylation is 1. The van der Waals surface area contributed by atoms with Crippen molar-refractivity contribution in [3.63, 3.8) is 0 Å². The predicted octanol–water partition coefficient (Wildman–Crippen LogP) is 3.64. The third kappa shape index (κ3) is 4.56. The van der Waals surface area contributed by atoms with Gasteiger partial charge in [0.15, 0.2) is 5.11 Å². The van der Waals surface area contributed by atoms with Crippen molar-refractivity contribution in [2.45, 2.75) is 71.0 Å². The van der Waals surface area contributed by atoms with E-state index >= 15 is 0 Å². The molecule has 0 spiro atoms. The van der Waals surface area contributed by atoms with Gasteiger partial charge in [-0.05, 0) is 69.3 Å². The molecule has 5 heteroatoms. The molecule has 0 radical (unpaired) electrons. The number of thiocarbonyl (C=S) groups is 1. The number of hydrogen-bond acceptors (Lipinski definition) is 2. The van der Waals surface area contributed by atoms with Gasteiger partial charge < -0.3 is 15.5 Å². The fourth-order valence-electron chi connectivity index (χ4n) is 4.19. The van der Waals surface area contributed by atoms with E-state index in [0.717, 1.165) is 42.9 Å². The van der Waals surface area contributed by atoms with E-state index in [9.17, 15) is 4.79 Å². The molecule has 0 aliphatic carbocycles. The number of hydrogen-bond donors (Lipinski definition) is 2. The normalized spacial score (nSPS) is 25.1. The van der Waals surface area contributed by atoms with E-state index < -0.39 is 0 Å². The van der Waals surface area contributed by atoms with Crippen molar-refractivity contribution in [2.24, 2.45) is 5.92 Å². The summed E-state index contributed by atoms with van der Waals surface area (Å²) in [4.78, 5) is 15.0. The van der Waals surface area contributed by atoms with Gasteiger partial charge >= 0.3 is 0 Å². The zero-order chi connectivity index (χ0) is 18.7. The Hall–Kier alpha value is -1.62. The number of amides is 1. The molecule has 3 rings (SSSR count). The van der Waals surface area contributed by atoms with Crippen molar-refractivity contribution < 1.29 is 4.79 Å². The molecule has 0 saturated carbocycles. The summed E-state index contributed by atoms with van der Waals surface area (Å²) in [5.41, 5.74) is 1.92. The van der Waals surface area contributed by atoms with Crippen molar-refractivity contribution in [2.75, 3.05) is 6.54 Å². The number of benzene rings is 1. The maximum absolute atomic E-state index is 12.6. The van der Waals surface area contributed by atoms with E-state index in [1.807, 2.05) is 31.2 Å². The predicted molar refractivity (Wildman–Crippen MR) is 110 cm³/mol. The fourth-order valence-corrected chi connectivity index (χ4v) is 4.57. The highest BCUT2D eigenvalue weighted by Gasteiger charge is 2.39. The Morgan fingerprint density at radius 2 is 1.81 bits per heavy atom. The Morgan fingerprint density at radius 3 is 2.38 bits per heavy atom. The lowest BCUT2D eigenvalue weighted by Crippen LogP contribution is -2.61. The Balaban J connectivity index is 1.61. The molecule has 142 valence electrons. The van der Waals surface area contributed by atoms with Crippen LogP contribution in [-0.4, -0.2) is 40.6 Å². The van der Waals surface area contributed by atoms with Crippen LogP contribution in [0, 0.1) is 12.8 Å². The molecule has 2 saturated heterocycles. The number of carbonyl (C=O) groups excluding carboxylic acids is 1. The minimum Gasteiger partial charge on any atom is -0.362 e. The van der Waals surface area contributed by atoms with Crippen molar-refractivity contribution >= 4 is 23.2 Å². The van der Waals surface area contributed by atoms with Crippen LogP contribution in [0.3, 0.4) is 0 Å². The van der Waals surface area contributed by atoms with Crippen LogP contribution in [-0.2, 0) is 0 Å². The fraction of sp³-hybridized carbons (Fsp3) is 0.619. The van der Waals surface area contributed by atoms with Crippen LogP contribution in [0.5, 0.6) is 0 Å². The number of fused-ring (bicyclic) bond motifs is 2. The molecule has 1 aromatic rings. The standard InChI is InChI=1S/C21H31N3OS/c1-14(2)13-22-21(26)24-18-5-4-6-19(24)12-17(11-18)23-20(25)16-9-7-15(3)8-10-16/h7-10,14,17-19H,4-6,11-13H2,1-3H3,(H,22,26)(H,23,25)/t18-,19-/m0/s1. The summed E-state index contributed by atoms with van der Waals surface area (Å²) in [6.45, 7) is 7.35. The molecule has 1 aromatic carbocycles. The highest BCUT2D eigenvalue weighted by molar-refractivity contribution is 7.80. The number of piperidine rings is 2. The maximum Gasteiger partial charge on any atom is 0.251 e. The van der Waals surface area contributed by atoms with Gasteiger partial charge in [-0.3, -0.25) is 4.79 Å². The highest BCUT2D eigenvalue weighted by Crippen LogP contribution is 2.34. The molecule has 2 heterocycles. The number of carbonyl (C=O) groups is 1. The molecule has 26 heavy (non-hydrogen) atoms. The lowest BCUT2D eigenvalue weighted by Gasteiger charge is -2.50. The lowest BCUT2D eigenvalue weighted by molar-refractivity contribution is 0.0739. The van der Waals surface area contributed by atoms with Crippen molar-refractivity contribution in [1.29, 1.82) is 0 Å². The van der Waals surface area contributed by atoms with E-state index in [0.29, 0.717) is 18.0 Å². The summed E-state index contributed by atoms with van der Waals surface area (Å²) in [6.07, 6.45) is 5.56. The van der Waals surface area contributed by atoms with Gasteiger partial charge in [-0.2, -0.15) is 0 Å². The van der Waals surface area contributed by atoms with Gasteiger partial charge in [-0.1, -0.05) is 31.5 Å². The first-order valence-electron chi connectivity index (χ1n) is 9.87. The largest absolute Gasteiger partial charge is 0.362 e. The van der Waals surface area contributed by atoms with E-state index in [-0.39, 0.29) is 11.9 Å². The highest BCUT2D eigenvalue weighted by atomic mass is 32.1. The summed E-state index contributed by atoms with van der Waals surface area (Å²) in [5, 5.41) is 7.60. The molecule has 0 aromatic heterocycles. The second kappa shape index (κ2) is 8.38. The van der Waals surface area contributed by atoms with Gasteiger partial charge in [0.05, 0.1) is 0 Å². The van der Waals surface area contributed by atoms with E-state index in [4.69, 9.17) is 12.2 Å². The molecule has 2 aliphatic rings. The zero-order valence-electron chi connectivity index (χ0n) is 16.1. The van der Waals surface area contributed by atoms with Gasteiger partial charge in [0, 0.05) is 30.2 Å². The van der Waals surface area contributed by atoms with Crippen LogP contribution >= 0.6 is 12.2 Å². The first-order valence-corrected chi connectivity index (χ1v) is 10.3. The Labute approximate surface area is 162 Å². The lowest BCUT2D eigenvalue weighted by atomic mass is 9.82. The van der Waals surface area contributed by atoms with Crippen molar-refractivity contribution in [1.82, 2.24) is 15.5 Å². The van der Waals surface area contributed by atoms with E-state index in [2.05, 4.69) is 29.4 Å². The van der Waals surface area contributed by atoms with E-state index in [1.54, 1.807) is 0 Å². The van der Waals surface area contributed by atoms with Gasteiger partial charge in [0.2, 0.25) is 0 Å².